The van der Waals surface area contributed by atoms with Crippen LogP contribution in [0.25, 0.3) is 0 Å². The highest BCUT2D eigenvalue weighted by atomic mass is 16.5. The van der Waals surface area contributed by atoms with Crippen LogP contribution in [0.2, 0.25) is 0 Å². The van der Waals surface area contributed by atoms with E-state index in [1.54, 1.807) is 0 Å². The molecular weight excluding hydrogens is 164 g/mol. The van der Waals surface area contributed by atoms with E-state index in [9.17, 15) is 0 Å². The molecule has 2 nitrogen and oxygen atoms in total. The van der Waals surface area contributed by atoms with Crippen LogP contribution in [0.5, 0.6) is 0 Å². The summed E-state index contributed by atoms with van der Waals surface area (Å²) in [4.78, 5) is 0. The van der Waals surface area contributed by atoms with Gasteiger partial charge in [0.05, 0.1) is 6.61 Å². The lowest BCUT2D eigenvalue weighted by molar-refractivity contribution is 0.173. The second-order valence-corrected chi connectivity index (χ2v) is 2.06. The zero-order valence-electron chi connectivity index (χ0n) is 7.51. The molecule has 0 aromatic heterocycles. The number of rotatable bonds is 5. The fraction of sp³-hybridized carbons (Fsp3) is 0.455. The van der Waals surface area contributed by atoms with E-state index in [4.69, 9.17) is 22.3 Å². The van der Waals surface area contributed by atoms with Gasteiger partial charge in [-0.3, -0.25) is 0 Å². The summed E-state index contributed by atoms with van der Waals surface area (Å²) in [5.41, 5.74) is 0. The van der Waals surface area contributed by atoms with Crippen molar-refractivity contribution in [3.8, 4) is 36.5 Å². The smallest absolute Gasteiger partial charge is 0.109 e. The molecule has 0 saturated heterocycles. The topological polar surface area (TPSA) is 18.5 Å². The molecule has 0 aromatic rings. The summed E-state index contributed by atoms with van der Waals surface area (Å²) < 4.78 is 9.98. The molecule has 0 aliphatic heterocycles. The molecule has 0 aliphatic rings. The molecular formula is C11H12O2. The second kappa shape index (κ2) is 10.6. The Morgan fingerprint density at radius 2 is 1.54 bits per heavy atom. The van der Waals surface area contributed by atoms with Crippen LogP contribution in [0.15, 0.2) is 0 Å². The van der Waals surface area contributed by atoms with Crippen molar-refractivity contribution in [3.05, 3.63) is 0 Å². The van der Waals surface area contributed by atoms with Gasteiger partial charge in [-0.25, -0.2) is 0 Å². The summed E-state index contributed by atoms with van der Waals surface area (Å²) in [6.45, 7) is 1.59. The highest BCUT2D eigenvalue weighted by Crippen LogP contribution is 1.78. The zero-order chi connectivity index (χ0) is 9.78. The zero-order valence-corrected chi connectivity index (χ0v) is 7.51. The molecule has 0 aliphatic carbocycles. The fourth-order valence-corrected chi connectivity index (χ4v) is 0.517. The number of ether oxygens (including phenoxy) is 2. The quantitative estimate of drug-likeness (QED) is 0.453. The van der Waals surface area contributed by atoms with E-state index in [2.05, 4.69) is 23.7 Å². The molecule has 0 unspecified atom stereocenters. The molecule has 0 spiro atoms. The van der Waals surface area contributed by atoms with Crippen molar-refractivity contribution in [1.29, 1.82) is 0 Å². The van der Waals surface area contributed by atoms with Crippen molar-refractivity contribution in [2.45, 2.75) is 6.42 Å². The third-order valence-corrected chi connectivity index (χ3v) is 1.05. The maximum atomic E-state index is 5.07. The maximum Gasteiger partial charge on any atom is 0.109 e. The van der Waals surface area contributed by atoms with E-state index < -0.39 is 0 Å². The molecule has 0 saturated carbocycles. The minimum Gasteiger partial charge on any atom is -0.368 e. The van der Waals surface area contributed by atoms with Gasteiger partial charge in [-0.05, 0) is 0 Å². The Labute approximate surface area is 79.6 Å². The third-order valence-electron chi connectivity index (χ3n) is 1.05. The molecule has 0 heterocycles. The molecule has 68 valence electrons. The minimum atomic E-state index is 0.298. The summed E-state index contributed by atoms with van der Waals surface area (Å²) >= 11 is 0. The predicted molar refractivity (Wildman–Crippen MR) is 51.7 cm³/mol. The predicted octanol–water partition coefficient (Wildman–Crippen LogP) is 0.679. The molecule has 0 aromatic carbocycles. The van der Waals surface area contributed by atoms with Crippen LogP contribution in [0, 0.1) is 36.5 Å². The molecule has 0 bridgehead atoms. The molecule has 2 heteroatoms. The van der Waals surface area contributed by atoms with E-state index >= 15 is 0 Å². The monoisotopic (exact) mass is 176 g/mol. The Hall–Kier alpha value is -1.40. The molecule has 0 atom stereocenters. The largest absolute Gasteiger partial charge is 0.368 e. The van der Waals surface area contributed by atoms with E-state index in [0.717, 1.165) is 0 Å². The Morgan fingerprint density at radius 3 is 2.15 bits per heavy atom. The van der Waals surface area contributed by atoms with Crippen LogP contribution < -0.4 is 0 Å². The molecule has 0 N–H and O–H groups in total. The Kier molecular flexibility index (Phi) is 9.46. The second-order valence-electron chi connectivity index (χ2n) is 2.06. The van der Waals surface area contributed by atoms with Crippen molar-refractivity contribution in [3.63, 3.8) is 0 Å². The normalized spacial score (nSPS) is 7.85. The highest BCUT2D eigenvalue weighted by Gasteiger charge is 1.80. The summed E-state index contributed by atoms with van der Waals surface area (Å²) in [7, 11) is 0. The van der Waals surface area contributed by atoms with Gasteiger partial charge in [0.15, 0.2) is 0 Å². The van der Waals surface area contributed by atoms with Gasteiger partial charge in [0.2, 0.25) is 0 Å². The Morgan fingerprint density at radius 1 is 0.846 bits per heavy atom. The van der Waals surface area contributed by atoms with E-state index in [1.165, 1.54) is 0 Å². The van der Waals surface area contributed by atoms with Crippen LogP contribution in [-0.4, -0.2) is 26.4 Å². The summed E-state index contributed by atoms with van der Waals surface area (Å²) in [6, 6.07) is 0. The first-order valence-electron chi connectivity index (χ1n) is 3.90. The summed E-state index contributed by atoms with van der Waals surface area (Å²) in [5.74, 6) is 10.3. The maximum absolute atomic E-state index is 5.07. The lowest BCUT2D eigenvalue weighted by atomic mass is 10.5. The van der Waals surface area contributed by atoms with Crippen LogP contribution in [0.4, 0.5) is 0 Å². The van der Waals surface area contributed by atoms with E-state index in [1.807, 2.05) is 0 Å². The average Bonchev–Trinajstić information content (AvgIpc) is 2.16. The first-order chi connectivity index (χ1) is 6.41. The Balaban J connectivity index is 3.13. The number of hydrogen-bond donors (Lipinski definition) is 0. The van der Waals surface area contributed by atoms with Crippen LogP contribution in [0.3, 0.4) is 0 Å². The molecule has 0 amide bonds. The first kappa shape index (κ1) is 11.6. The van der Waals surface area contributed by atoms with E-state index in [0.29, 0.717) is 32.8 Å². The van der Waals surface area contributed by atoms with Gasteiger partial charge in [-0.2, -0.15) is 0 Å². The van der Waals surface area contributed by atoms with Gasteiger partial charge < -0.3 is 9.47 Å². The summed E-state index contributed by atoms with van der Waals surface area (Å²) in [5, 5.41) is 0. The standard InChI is InChI=1S/C11H12O2/c1-3-5-9-13-11-7-6-10-12-8-4-2/h1-2H,5,8-11H2. The van der Waals surface area contributed by atoms with Gasteiger partial charge in [0.1, 0.15) is 19.8 Å². The highest BCUT2D eigenvalue weighted by molar-refractivity contribution is 4.99. The van der Waals surface area contributed by atoms with Crippen molar-refractivity contribution >= 4 is 0 Å². The lowest BCUT2D eigenvalue weighted by Gasteiger charge is -1.93. The number of hydrogen-bond acceptors (Lipinski definition) is 2. The van der Waals surface area contributed by atoms with Gasteiger partial charge in [-0.1, -0.05) is 17.8 Å². The molecule has 0 fully saturated rings. The van der Waals surface area contributed by atoms with Crippen molar-refractivity contribution in [2.24, 2.45) is 0 Å². The van der Waals surface area contributed by atoms with E-state index in [-0.39, 0.29) is 0 Å². The average molecular weight is 176 g/mol. The fourth-order valence-electron chi connectivity index (χ4n) is 0.517. The summed E-state index contributed by atoms with van der Waals surface area (Å²) in [6.07, 6.45) is 10.6. The number of terminal acetylenes is 2. The van der Waals surface area contributed by atoms with Gasteiger partial charge in [0, 0.05) is 6.42 Å². The van der Waals surface area contributed by atoms with Crippen molar-refractivity contribution in [1.82, 2.24) is 0 Å². The molecule has 13 heavy (non-hydrogen) atoms. The van der Waals surface area contributed by atoms with Gasteiger partial charge in [0.25, 0.3) is 0 Å². The van der Waals surface area contributed by atoms with Crippen LogP contribution in [-0.2, 0) is 9.47 Å². The Bertz CT molecular complexity index is 244. The van der Waals surface area contributed by atoms with Gasteiger partial charge in [-0.15, -0.1) is 18.8 Å². The molecule has 0 rings (SSSR count). The lowest BCUT2D eigenvalue weighted by Crippen LogP contribution is -1.94. The SMILES string of the molecule is C#CCCOCC#CCOCC#C. The van der Waals surface area contributed by atoms with Crippen LogP contribution in [0.1, 0.15) is 6.42 Å². The van der Waals surface area contributed by atoms with Crippen molar-refractivity contribution < 1.29 is 9.47 Å². The molecule has 0 radical (unpaired) electrons. The first-order valence-corrected chi connectivity index (χ1v) is 3.90. The van der Waals surface area contributed by atoms with Crippen LogP contribution >= 0.6 is 0 Å². The third kappa shape index (κ3) is 10.6. The minimum absolute atomic E-state index is 0.298. The van der Waals surface area contributed by atoms with Crippen molar-refractivity contribution in [2.75, 3.05) is 26.4 Å². The van der Waals surface area contributed by atoms with Gasteiger partial charge >= 0.3 is 0 Å².